The molecule has 0 amide bonds. The molecule has 1 N–H and O–H groups in total. The zero-order chi connectivity index (χ0) is 15.6. The Labute approximate surface area is 132 Å². The predicted molar refractivity (Wildman–Crippen MR) is 85.8 cm³/mol. The number of nitrogens with one attached hydrogen (secondary N) is 1. The highest BCUT2D eigenvalue weighted by Gasteiger charge is 2.35. The highest BCUT2D eigenvalue weighted by molar-refractivity contribution is 7.91. The summed E-state index contributed by atoms with van der Waals surface area (Å²) in [5.41, 5.74) is 0.981. The van der Waals surface area contributed by atoms with Crippen LogP contribution < -0.4 is 5.32 Å². The number of sulfone groups is 1. The molecule has 22 heavy (non-hydrogen) atoms. The molecular weight excluding hydrogens is 300 g/mol. The molecule has 6 heteroatoms. The van der Waals surface area contributed by atoms with E-state index in [0.29, 0.717) is 23.4 Å². The van der Waals surface area contributed by atoms with Gasteiger partial charge in [-0.25, -0.2) is 8.42 Å². The number of piperazine rings is 1. The quantitative estimate of drug-likeness (QED) is 0.869. The maximum atomic E-state index is 12.4. The Bertz CT molecular complexity index is 618. The molecule has 0 bridgehead atoms. The van der Waals surface area contributed by atoms with Gasteiger partial charge in [0.05, 0.1) is 29.9 Å². The van der Waals surface area contributed by atoms with Crippen molar-refractivity contribution in [2.45, 2.75) is 30.3 Å². The van der Waals surface area contributed by atoms with Crippen LogP contribution in [0.25, 0.3) is 0 Å². The average Bonchev–Trinajstić information content (AvgIpc) is 2.96. The molecule has 2 aliphatic rings. The topological polar surface area (TPSA) is 58.6 Å². The van der Waals surface area contributed by atoms with Crippen LogP contribution in [-0.2, 0) is 14.6 Å². The first-order chi connectivity index (χ1) is 10.6. The van der Waals surface area contributed by atoms with Crippen LogP contribution in [0.5, 0.6) is 0 Å². The Kier molecular flexibility index (Phi) is 4.82. The summed E-state index contributed by atoms with van der Waals surface area (Å²) >= 11 is 0. The van der Waals surface area contributed by atoms with Crippen molar-refractivity contribution in [1.29, 1.82) is 0 Å². The van der Waals surface area contributed by atoms with Crippen molar-refractivity contribution in [3.8, 4) is 0 Å². The number of hydrogen-bond donors (Lipinski definition) is 1. The third kappa shape index (κ3) is 3.51. The second kappa shape index (κ2) is 6.66. The number of benzene rings is 1. The maximum absolute atomic E-state index is 12.4. The van der Waals surface area contributed by atoms with E-state index in [1.54, 1.807) is 18.2 Å². The molecule has 2 heterocycles. The molecule has 0 aliphatic carbocycles. The fourth-order valence-electron chi connectivity index (χ4n) is 3.32. The zero-order valence-electron chi connectivity index (χ0n) is 13.0. The molecule has 2 aliphatic heterocycles. The third-order valence-corrected chi connectivity index (χ3v) is 6.33. The summed E-state index contributed by atoms with van der Waals surface area (Å²) in [6.45, 7) is 6.17. The molecule has 2 atom stereocenters. The Morgan fingerprint density at radius 3 is 3.05 bits per heavy atom. The van der Waals surface area contributed by atoms with Crippen LogP contribution in [0, 0.1) is 6.92 Å². The minimum atomic E-state index is -3.18. The molecule has 5 nitrogen and oxygen atoms in total. The Hall–Kier alpha value is -0.950. The van der Waals surface area contributed by atoms with Gasteiger partial charge >= 0.3 is 0 Å². The largest absolute Gasteiger partial charge is 0.378 e. The average molecular weight is 324 g/mol. The van der Waals surface area contributed by atoms with E-state index in [9.17, 15) is 8.42 Å². The molecule has 1 aromatic rings. The lowest BCUT2D eigenvalue weighted by molar-refractivity contribution is 0.130. The van der Waals surface area contributed by atoms with E-state index in [4.69, 9.17) is 4.74 Å². The van der Waals surface area contributed by atoms with Crippen LogP contribution in [0.2, 0.25) is 0 Å². The van der Waals surface area contributed by atoms with Crippen molar-refractivity contribution < 1.29 is 13.2 Å². The van der Waals surface area contributed by atoms with E-state index >= 15 is 0 Å². The van der Waals surface area contributed by atoms with Gasteiger partial charge in [0.1, 0.15) is 0 Å². The Morgan fingerprint density at radius 2 is 2.23 bits per heavy atom. The second-order valence-electron chi connectivity index (χ2n) is 6.19. The fourth-order valence-corrected chi connectivity index (χ4v) is 4.72. The van der Waals surface area contributed by atoms with Crippen molar-refractivity contribution in [2.24, 2.45) is 0 Å². The van der Waals surface area contributed by atoms with Crippen molar-refractivity contribution in [3.63, 3.8) is 0 Å². The SMILES string of the molecule is Cc1cccc(S(=O)(=O)CCCN2CCN[C@@H]3COC[C@@H]32)c1. The van der Waals surface area contributed by atoms with Crippen molar-refractivity contribution in [1.82, 2.24) is 10.2 Å². The summed E-state index contributed by atoms with van der Waals surface area (Å²) in [5, 5.41) is 3.46. The molecule has 2 saturated heterocycles. The molecule has 1 aromatic carbocycles. The number of ether oxygens (including phenoxy) is 1. The number of aryl methyl sites for hydroxylation is 1. The number of nitrogens with zero attached hydrogens (tertiary/aromatic N) is 1. The molecule has 0 aromatic heterocycles. The molecule has 0 spiro atoms. The normalized spacial score (nSPS) is 26.0. The Balaban J connectivity index is 1.56. The molecule has 0 radical (unpaired) electrons. The van der Waals surface area contributed by atoms with Gasteiger partial charge in [0, 0.05) is 19.1 Å². The fraction of sp³-hybridized carbons (Fsp3) is 0.625. The van der Waals surface area contributed by atoms with Crippen molar-refractivity contribution >= 4 is 9.84 Å². The van der Waals surface area contributed by atoms with E-state index < -0.39 is 9.84 Å². The van der Waals surface area contributed by atoms with Gasteiger partial charge in [-0.3, -0.25) is 4.90 Å². The number of rotatable bonds is 5. The van der Waals surface area contributed by atoms with Gasteiger partial charge in [0.2, 0.25) is 0 Å². The smallest absolute Gasteiger partial charge is 0.178 e. The Morgan fingerprint density at radius 1 is 1.36 bits per heavy atom. The molecule has 0 saturated carbocycles. The standard InChI is InChI=1S/C16H24N2O3S/c1-13-4-2-5-14(10-13)22(19,20)9-3-7-18-8-6-17-15-11-21-12-16(15)18/h2,4-5,10,15-17H,3,6-9,11-12H2,1H3/t15-,16+/m1/s1. The van der Waals surface area contributed by atoms with Gasteiger partial charge in [-0.2, -0.15) is 0 Å². The zero-order valence-corrected chi connectivity index (χ0v) is 13.8. The molecule has 122 valence electrons. The van der Waals surface area contributed by atoms with Gasteiger partial charge in [0.25, 0.3) is 0 Å². The highest BCUT2D eigenvalue weighted by Crippen LogP contribution is 2.18. The van der Waals surface area contributed by atoms with E-state index in [-0.39, 0.29) is 5.75 Å². The van der Waals surface area contributed by atoms with Crippen LogP contribution in [0.1, 0.15) is 12.0 Å². The van der Waals surface area contributed by atoms with Crippen LogP contribution >= 0.6 is 0 Å². The molecule has 3 rings (SSSR count). The van der Waals surface area contributed by atoms with E-state index in [0.717, 1.165) is 38.4 Å². The highest BCUT2D eigenvalue weighted by atomic mass is 32.2. The van der Waals surface area contributed by atoms with E-state index in [1.165, 1.54) is 0 Å². The number of hydrogen-bond acceptors (Lipinski definition) is 5. The summed E-state index contributed by atoms with van der Waals surface area (Å²) in [6.07, 6.45) is 0.666. The summed E-state index contributed by atoms with van der Waals surface area (Å²) < 4.78 is 30.3. The summed E-state index contributed by atoms with van der Waals surface area (Å²) in [7, 11) is -3.18. The van der Waals surface area contributed by atoms with Gasteiger partial charge in [-0.1, -0.05) is 12.1 Å². The molecule has 2 fully saturated rings. The molecule has 0 unspecified atom stereocenters. The minimum Gasteiger partial charge on any atom is -0.378 e. The monoisotopic (exact) mass is 324 g/mol. The van der Waals surface area contributed by atoms with Crippen LogP contribution in [0.3, 0.4) is 0 Å². The minimum absolute atomic E-state index is 0.207. The van der Waals surface area contributed by atoms with Crippen LogP contribution in [0.4, 0.5) is 0 Å². The van der Waals surface area contributed by atoms with Crippen LogP contribution in [-0.4, -0.2) is 64.0 Å². The second-order valence-corrected chi connectivity index (χ2v) is 8.30. The summed E-state index contributed by atoms with van der Waals surface area (Å²) in [6, 6.07) is 7.96. The lowest BCUT2D eigenvalue weighted by atomic mass is 10.1. The van der Waals surface area contributed by atoms with Gasteiger partial charge < -0.3 is 10.1 Å². The molecular formula is C16H24N2O3S. The lowest BCUT2D eigenvalue weighted by Gasteiger charge is -2.37. The van der Waals surface area contributed by atoms with Crippen molar-refractivity contribution in [2.75, 3.05) is 38.6 Å². The van der Waals surface area contributed by atoms with Gasteiger partial charge in [-0.15, -0.1) is 0 Å². The van der Waals surface area contributed by atoms with E-state index in [1.807, 2.05) is 13.0 Å². The van der Waals surface area contributed by atoms with Gasteiger partial charge in [0.15, 0.2) is 9.84 Å². The van der Waals surface area contributed by atoms with Gasteiger partial charge in [-0.05, 0) is 37.6 Å². The third-order valence-electron chi connectivity index (χ3n) is 4.53. The summed E-state index contributed by atoms with van der Waals surface area (Å²) in [4.78, 5) is 2.81. The summed E-state index contributed by atoms with van der Waals surface area (Å²) in [5.74, 6) is 0.207. The number of fused-ring (bicyclic) bond motifs is 1. The van der Waals surface area contributed by atoms with Crippen LogP contribution in [0.15, 0.2) is 29.2 Å². The van der Waals surface area contributed by atoms with E-state index in [2.05, 4.69) is 10.2 Å². The lowest BCUT2D eigenvalue weighted by Crippen LogP contribution is -2.57. The van der Waals surface area contributed by atoms with Crippen molar-refractivity contribution in [3.05, 3.63) is 29.8 Å². The maximum Gasteiger partial charge on any atom is 0.178 e. The first kappa shape index (κ1) is 15.9. The predicted octanol–water partition coefficient (Wildman–Crippen LogP) is 0.831. The first-order valence-corrected chi connectivity index (χ1v) is 9.56. The first-order valence-electron chi connectivity index (χ1n) is 7.91.